The lowest BCUT2D eigenvalue weighted by Crippen LogP contribution is -2.13. The molecule has 100 valence electrons. The molecular weight excluding hydrogens is 248 g/mol. The molecule has 0 spiro atoms. The quantitative estimate of drug-likeness (QED) is 0.922. The molecule has 1 N–H and O–H groups in total. The number of anilines is 1. The molecule has 0 saturated carbocycles. The van der Waals surface area contributed by atoms with Crippen molar-refractivity contribution in [2.45, 2.75) is 19.4 Å². The maximum atomic E-state index is 9.09. The number of ether oxygens (including phenoxy) is 1. The summed E-state index contributed by atoms with van der Waals surface area (Å²) >= 11 is 0. The van der Waals surface area contributed by atoms with E-state index in [0.717, 1.165) is 36.4 Å². The molecular formula is C17H16N2O. The molecule has 0 atom stereocenters. The van der Waals surface area contributed by atoms with Gasteiger partial charge in [-0.25, -0.2) is 0 Å². The highest BCUT2D eigenvalue weighted by Gasteiger charge is 2.13. The minimum Gasteiger partial charge on any atom is -0.487 e. The first-order valence-corrected chi connectivity index (χ1v) is 6.85. The van der Waals surface area contributed by atoms with Gasteiger partial charge in [-0.3, -0.25) is 0 Å². The smallest absolute Gasteiger partial charge is 0.143 e. The van der Waals surface area contributed by atoms with Crippen molar-refractivity contribution in [3.8, 4) is 11.8 Å². The average Bonchev–Trinajstić information content (AvgIpc) is 2.53. The van der Waals surface area contributed by atoms with Gasteiger partial charge in [0.2, 0.25) is 0 Å². The van der Waals surface area contributed by atoms with Gasteiger partial charge >= 0.3 is 0 Å². The largest absolute Gasteiger partial charge is 0.487 e. The van der Waals surface area contributed by atoms with Gasteiger partial charge in [-0.2, -0.15) is 5.26 Å². The third-order valence-corrected chi connectivity index (χ3v) is 3.56. The molecule has 3 heteroatoms. The predicted octanol–water partition coefficient (Wildman–Crippen LogP) is 3.50. The maximum Gasteiger partial charge on any atom is 0.143 e. The van der Waals surface area contributed by atoms with Crippen LogP contribution in [-0.2, 0) is 13.0 Å². The molecule has 0 radical (unpaired) electrons. The van der Waals surface area contributed by atoms with Gasteiger partial charge in [0.25, 0.3) is 0 Å². The lowest BCUT2D eigenvalue weighted by Gasteiger charge is -2.21. The topological polar surface area (TPSA) is 45.0 Å². The number of aryl methyl sites for hydroxylation is 1. The zero-order valence-electron chi connectivity index (χ0n) is 11.2. The Hall–Kier alpha value is -2.47. The van der Waals surface area contributed by atoms with Gasteiger partial charge < -0.3 is 10.1 Å². The number of hydrogen-bond donors (Lipinski definition) is 1. The molecule has 0 unspecified atom stereocenters. The van der Waals surface area contributed by atoms with E-state index in [0.29, 0.717) is 12.2 Å². The molecule has 1 aliphatic heterocycles. The van der Waals surface area contributed by atoms with E-state index in [1.165, 1.54) is 5.56 Å². The van der Waals surface area contributed by atoms with Gasteiger partial charge in [-0.1, -0.05) is 30.3 Å². The Bertz CT molecular complexity index is 658. The fourth-order valence-corrected chi connectivity index (χ4v) is 2.51. The van der Waals surface area contributed by atoms with Gasteiger partial charge in [-0.15, -0.1) is 0 Å². The summed E-state index contributed by atoms with van der Waals surface area (Å²) in [5.41, 5.74) is 4.00. The van der Waals surface area contributed by atoms with Crippen molar-refractivity contribution < 1.29 is 4.74 Å². The highest BCUT2D eigenvalue weighted by Crippen LogP contribution is 2.32. The van der Waals surface area contributed by atoms with Crippen LogP contribution in [0.1, 0.15) is 23.1 Å². The first kappa shape index (κ1) is 12.6. The predicted molar refractivity (Wildman–Crippen MR) is 78.7 cm³/mol. The van der Waals surface area contributed by atoms with Gasteiger partial charge in [0.05, 0.1) is 17.3 Å². The molecule has 1 heterocycles. The third kappa shape index (κ3) is 2.46. The summed E-state index contributed by atoms with van der Waals surface area (Å²) in [7, 11) is 0. The van der Waals surface area contributed by atoms with Crippen molar-refractivity contribution in [3.05, 3.63) is 59.2 Å². The van der Waals surface area contributed by atoms with Crippen LogP contribution in [0.15, 0.2) is 42.5 Å². The monoisotopic (exact) mass is 264 g/mol. The van der Waals surface area contributed by atoms with Crippen molar-refractivity contribution in [3.63, 3.8) is 0 Å². The number of nitriles is 1. The average molecular weight is 264 g/mol. The summed E-state index contributed by atoms with van der Waals surface area (Å²) in [5, 5.41) is 12.5. The fourth-order valence-electron chi connectivity index (χ4n) is 2.51. The zero-order chi connectivity index (χ0) is 13.8. The highest BCUT2D eigenvalue weighted by molar-refractivity contribution is 5.63. The SMILES string of the molecule is N#Cc1ccccc1COc1cccc2c1NCCC2. The van der Waals surface area contributed by atoms with Gasteiger partial charge in [0, 0.05) is 12.1 Å². The van der Waals surface area contributed by atoms with Crippen LogP contribution in [0.25, 0.3) is 0 Å². The Morgan fingerprint density at radius 3 is 2.95 bits per heavy atom. The first-order chi connectivity index (χ1) is 9.88. The van der Waals surface area contributed by atoms with Gasteiger partial charge in [0.1, 0.15) is 12.4 Å². The van der Waals surface area contributed by atoms with Crippen molar-refractivity contribution in [2.24, 2.45) is 0 Å². The second-order valence-corrected chi connectivity index (χ2v) is 4.88. The van der Waals surface area contributed by atoms with Crippen LogP contribution in [0.5, 0.6) is 5.75 Å². The van der Waals surface area contributed by atoms with E-state index >= 15 is 0 Å². The Balaban J connectivity index is 1.81. The maximum absolute atomic E-state index is 9.09. The summed E-state index contributed by atoms with van der Waals surface area (Å²) in [6.45, 7) is 1.41. The minimum atomic E-state index is 0.419. The molecule has 3 nitrogen and oxygen atoms in total. The van der Waals surface area contributed by atoms with E-state index in [1.807, 2.05) is 36.4 Å². The Kier molecular flexibility index (Phi) is 3.56. The number of nitrogens with zero attached hydrogens (tertiary/aromatic N) is 1. The normalized spacial score (nSPS) is 12.9. The van der Waals surface area contributed by atoms with Crippen molar-refractivity contribution in [1.29, 1.82) is 5.26 Å². The summed E-state index contributed by atoms with van der Waals surface area (Å²) in [4.78, 5) is 0. The van der Waals surface area contributed by atoms with Crippen LogP contribution in [0, 0.1) is 11.3 Å². The number of hydrogen-bond acceptors (Lipinski definition) is 3. The van der Waals surface area contributed by atoms with Gasteiger partial charge in [-0.05, 0) is 30.5 Å². The molecule has 1 aliphatic rings. The molecule has 0 aromatic heterocycles. The molecule has 0 bridgehead atoms. The summed E-state index contributed by atoms with van der Waals surface area (Å²) < 4.78 is 5.92. The number of para-hydroxylation sites is 1. The molecule has 2 aromatic rings. The van der Waals surface area contributed by atoms with E-state index in [-0.39, 0.29) is 0 Å². The Labute approximate surface area is 118 Å². The molecule has 3 rings (SSSR count). The molecule has 0 aliphatic carbocycles. The van der Waals surface area contributed by atoms with E-state index in [4.69, 9.17) is 10.00 Å². The third-order valence-electron chi connectivity index (χ3n) is 3.56. The molecule has 0 fully saturated rings. The standard InChI is InChI=1S/C17H16N2O/c18-11-14-5-1-2-6-15(14)12-20-16-9-3-7-13-8-4-10-19-17(13)16/h1-3,5-7,9,19H,4,8,10,12H2. The van der Waals surface area contributed by atoms with Crippen LogP contribution >= 0.6 is 0 Å². The number of benzene rings is 2. The zero-order valence-corrected chi connectivity index (χ0v) is 11.2. The fraction of sp³-hybridized carbons (Fsp3) is 0.235. The first-order valence-electron chi connectivity index (χ1n) is 6.85. The number of rotatable bonds is 3. The van der Waals surface area contributed by atoms with E-state index in [1.54, 1.807) is 0 Å². The summed E-state index contributed by atoms with van der Waals surface area (Å²) in [6.07, 6.45) is 2.25. The Morgan fingerprint density at radius 2 is 2.05 bits per heavy atom. The van der Waals surface area contributed by atoms with Crippen LogP contribution in [0.3, 0.4) is 0 Å². The Morgan fingerprint density at radius 1 is 1.15 bits per heavy atom. The minimum absolute atomic E-state index is 0.419. The highest BCUT2D eigenvalue weighted by atomic mass is 16.5. The van der Waals surface area contributed by atoms with Crippen LogP contribution in [-0.4, -0.2) is 6.54 Å². The molecule has 2 aromatic carbocycles. The van der Waals surface area contributed by atoms with Crippen molar-refractivity contribution >= 4 is 5.69 Å². The van der Waals surface area contributed by atoms with Crippen molar-refractivity contribution in [2.75, 3.05) is 11.9 Å². The van der Waals surface area contributed by atoms with Crippen LogP contribution in [0.4, 0.5) is 5.69 Å². The second-order valence-electron chi connectivity index (χ2n) is 4.88. The molecule has 20 heavy (non-hydrogen) atoms. The molecule has 0 amide bonds. The number of nitrogens with one attached hydrogen (secondary N) is 1. The van der Waals surface area contributed by atoms with E-state index < -0.39 is 0 Å². The van der Waals surface area contributed by atoms with Crippen LogP contribution in [0.2, 0.25) is 0 Å². The second kappa shape index (κ2) is 5.66. The molecule has 0 saturated heterocycles. The van der Waals surface area contributed by atoms with Gasteiger partial charge in [0.15, 0.2) is 0 Å². The lowest BCUT2D eigenvalue weighted by atomic mass is 10.0. The summed E-state index contributed by atoms with van der Waals surface area (Å²) in [5.74, 6) is 0.870. The van der Waals surface area contributed by atoms with E-state index in [9.17, 15) is 0 Å². The van der Waals surface area contributed by atoms with E-state index in [2.05, 4.69) is 17.5 Å². The summed E-state index contributed by atoms with van der Waals surface area (Å²) in [6, 6.07) is 15.9. The van der Waals surface area contributed by atoms with Crippen molar-refractivity contribution in [1.82, 2.24) is 0 Å². The lowest BCUT2D eigenvalue weighted by molar-refractivity contribution is 0.307. The number of fused-ring (bicyclic) bond motifs is 1. The van der Waals surface area contributed by atoms with Crippen LogP contribution < -0.4 is 10.1 Å².